The van der Waals surface area contributed by atoms with Gasteiger partial charge in [0.2, 0.25) is 0 Å². The molecule has 0 atom stereocenters. The molecule has 1 aromatic carbocycles. The number of nitrogens with zero attached hydrogens (tertiary/aromatic N) is 2. The fourth-order valence-electron chi connectivity index (χ4n) is 6.35. The molecule has 1 aromatic rings. The van der Waals surface area contributed by atoms with E-state index in [4.69, 9.17) is 4.74 Å². The molecule has 1 aliphatic carbocycles. The second-order valence-electron chi connectivity index (χ2n) is 10.2. The van der Waals surface area contributed by atoms with Crippen LogP contribution in [-0.4, -0.2) is 29.7 Å². The monoisotopic (exact) mass is 408 g/mol. The first kappa shape index (κ1) is 20.2. The van der Waals surface area contributed by atoms with Crippen molar-refractivity contribution in [3.05, 3.63) is 35.4 Å². The van der Waals surface area contributed by atoms with Crippen LogP contribution in [0.25, 0.3) is 0 Å². The van der Waals surface area contributed by atoms with E-state index in [2.05, 4.69) is 41.1 Å². The maximum absolute atomic E-state index is 12.9. The summed E-state index contributed by atoms with van der Waals surface area (Å²) in [5.74, 6) is 2.06. The van der Waals surface area contributed by atoms with E-state index in [9.17, 15) is 4.79 Å². The van der Waals surface area contributed by atoms with E-state index in [1.807, 2.05) is 0 Å². The van der Waals surface area contributed by atoms with Crippen LogP contribution in [0.5, 0.6) is 0 Å². The van der Waals surface area contributed by atoms with E-state index in [0.29, 0.717) is 0 Å². The van der Waals surface area contributed by atoms with Crippen LogP contribution >= 0.6 is 0 Å². The summed E-state index contributed by atoms with van der Waals surface area (Å²) in [4.78, 5) is 19.9. The molecule has 30 heavy (non-hydrogen) atoms. The van der Waals surface area contributed by atoms with Crippen molar-refractivity contribution in [3.8, 4) is 0 Å². The highest BCUT2D eigenvalue weighted by molar-refractivity contribution is 6.04. The molecular formula is C26H36N2O2. The van der Waals surface area contributed by atoms with Gasteiger partial charge in [0.1, 0.15) is 5.84 Å². The molecular weight excluding hydrogens is 372 g/mol. The minimum atomic E-state index is -0.178. The number of fused-ring (bicyclic) bond motifs is 2. The largest absolute Gasteiger partial charge is 0.365 e. The molecule has 0 radical (unpaired) electrons. The molecule has 2 spiro atoms. The summed E-state index contributed by atoms with van der Waals surface area (Å²) >= 11 is 0. The number of unbranched alkanes of at least 4 members (excludes halogenated alkanes) is 2. The predicted molar refractivity (Wildman–Crippen MR) is 119 cm³/mol. The van der Waals surface area contributed by atoms with Gasteiger partial charge in [0.15, 0.2) is 0 Å². The highest BCUT2D eigenvalue weighted by Gasteiger charge is 2.49. The minimum Gasteiger partial charge on any atom is -0.365 e. The number of aliphatic imine (C=N–C) groups is 1. The molecule has 1 amide bonds. The molecule has 0 aromatic heterocycles. The summed E-state index contributed by atoms with van der Waals surface area (Å²) in [5, 5.41) is 0. The van der Waals surface area contributed by atoms with Crippen molar-refractivity contribution in [2.24, 2.45) is 16.3 Å². The number of rotatable bonds is 4. The van der Waals surface area contributed by atoms with Crippen LogP contribution < -0.4 is 0 Å². The minimum absolute atomic E-state index is 0.121. The maximum Gasteiger partial charge on any atom is 0.254 e. The summed E-state index contributed by atoms with van der Waals surface area (Å²) in [7, 11) is 0. The Balaban J connectivity index is 1.18. The van der Waals surface area contributed by atoms with Crippen molar-refractivity contribution in [1.82, 2.24) is 4.90 Å². The fourth-order valence-corrected chi connectivity index (χ4v) is 6.35. The third kappa shape index (κ3) is 3.51. The van der Waals surface area contributed by atoms with E-state index < -0.39 is 0 Å². The van der Waals surface area contributed by atoms with E-state index >= 15 is 0 Å². The predicted octanol–water partition coefficient (Wildman–Crippen LogP) is 5.59. The molecule has 5 rings (SSSR count). The molecule has 2 fully saturated rings. The topological polar surface area (TPSA) is 41.9 Å². The van der Waals surface area contributed by atoms with E-state index in [1.165, 1.54) is 49.7 Å². The molecule has 0 N–H and O–H groups in total. The first-order valence-electron chi connectivity index (χ1n) is 12.2. The van der Waals surface area contributed by atoms with E-state index in [1.54, 1.807) is 0 Å². The van der Waals surface area contributed by atoms with Gasteiger partial charge in [-0.25, -0.2) is 0 Å². The first-order valence-corrected chi connectivity index (χ1v) is 12.2. The Morgan fingerprint density at radius 2 is 1.87 bits per heavy atom. The van der Waals surface area contributed by atoms with Crippen molar-refractivity contribution in [2.75, 3.05) is 13.1 Å². The smallest absolute Gasteiger partial charge is 0.254 e. The summed E-state index contributed by atoms with van der Waals surface area (Å²) in [6.07, 6.45) is 12.7. The summed E-state index contributed by atoms with van der Waals surface area (Å²) in [6, 6.07) is 8.66. The molecule has 0 unspecified atom stereocenters. The number of ether oxygens (including phenoxy) is 1. The second-order valence-corrected chi connectivity index (χ2v) is 10.2. The average molecular weight is 409 g/mol. The molecule has 1 saturated heterocycles. The van der Waals surface area contributed by atoms with Gasteiger partial charge in [-0.1, -0.05) is 56.9 Å². The van der Waals surface area contributed by atoms with Crippen molar-refractivity contribution >= 4 is 11.7 Å². The number of hydrogen-bond acceptors (Lipinski definition) is 3. The zero-order valence-corrected chi connectivity index (χ0v) is 18.5. The fraction of sp³-hybridized carbons (Fsp3) is 0.692. The second kappa shape index (κ2) is 8.11. The van der Waals surface area contributed by atoms with Crippen LogP contribution in [0.1, 0.15) is 88.7 Å². The lowest BCUT2D eigenvalue weighted by Gasteiger charge is -2.41. The molecule has 1 saturated carbocycles. The summed E-state index contributed by atoms with van der Waals surface area (Å²) in [5.41, 5.74) is 2.42. The third-order valence-electron chi connectivity index (χ3n) is 8.41. The van der Waals surface area contributed by atoms with Gasteiger partial charge in [-0.3, -0.25) is 4.79 Å². The molecule has 4 nitrogen and oxygen atoms in total. The highest BCUT2D eigenvalue weighted by atomic mass is 16.5. The standard InChI is InChI=1S/C26H36N2O2/c1-2-3-4-7-20-10-12-25(13-11-20)18-23(27-24(25)29)28-16-14-26(15-17-28)22-9-6-5-8-21(22)19-30-26/h5-6,8-9,20H,2-4,7,10-19H2,1H3. The van der Waals surface area contributed by atoms with Crippen molar-refractivity contribution in [1.29, 1.82) is 0 Å². The Kier molecular flexibility index (Phi) is 5.47. The van der Waals surface area contributed by atoms with Crippen molar-refractivity contribution in [2.45, 2.75) is 89.8 Å². The molecule has 3 aliphatic heterocycles. The average Bonchev–Trinajstić information content (AvgIpc) is 3.29. The van der Waals surface area contributed by atoms with Crippen LogP contribution in [0, 0.1) is 11.3 Å². The van der Waals surface area contributed by atoms with Crippen molar-refractivity contribution in [3.63, 3.8) is 0 Å². The molecule has 4 aliphatic rings. The number of hydrogen-bond donors (Lipinski definition) is 0. The molecule has 4 heteroatoms. The number of benzene rings is 1. The number of carbonyl (C=O) groups is 1. The Morgan fingerprint density at radius 1 is 1.10 bits per heavy atom. The van der Waals surface area contributed by atoms with Crippen LogP contribution in [0.3, 0.4) is 0 Å². The van der Waals surface area contributed by atoms with Gasteiger partial charge in [-0.05, 0) is 55.6 Å². The summed E-state index contributed by atoms with van der Waals surface area (Å²) < 4.78 is 6.31. The Labute approximate surface area is 181 Å². The lowest BCUT2D eigenvalue weighted by molar-refractivity contribution is -0.128. The Hall–Kier alpha value is -1.68. The van der Waals surface area contributed by atoms with Crippen LogP contribution in [0.2, 0.25) is 0 Å². The van der Waals surface area contributed by atoms with Crippen LogP contribution in [0.15, 0.2) is 29.3 Å². The van der Waals surface area contributed by atoms with Gasteiger partial charge in [0.05, 0.1) is 17.6 Å². The highest BCUT2D eigenvalue weighted by Crippen LogP contribution is 2.48. The van der Waals surface area contributed by atoms with Gasteiger partial charge in [-0.15, -0.1) is 0 Å². The van der Waals surface area contributed by atoms with Crippen LogP contribution in [-0.2, 0) is 21.7 Å². The first-order chi connectivity index (χ1) is 14.6. The number of carbonyl (C=O) groups excluding carboxylic acids is 1. The van der Waals surface area contributed by atoms with E-state index in [-0.39, 0.29) is 16.9 Å². The lowest BCUT2D eigenvalue weighted by Crippen LogP contribution is -2.45. The lowest BCUT2D eigenvalue weighted by atomic mass is 9.68. The van der Waals surface area contributed by atoms with E-state index in [0.717, 1.165) is 63.6 Å². The van der Waals surface area contributed by atoms with Gasteiger partial charge in [0, 0.05) is 19.5 Å². The molecule has 0 bridgehead atoms. The zero-order chi connectivity index (χ0) is 20.6. The Morgan fingerprint density at radius 3 is 2.63 bits per heavy atom. The summed E-state index contributed by atoms with van der Waals surface area (Å²) in [6.45, 7) is 4.89. The number of likely N-dealkylation sites (tertiary alicyclic amines) is 1. The normalized spacial score (nSPS) is 30.2. The zero-order valence-electron chi connectivity index (χ0n) is 18.5. The van der Waals surface area contributed by atoms with Crippen molar-refractivity contribution < 1.29 is 9.53 Å². The van der Waals surface area contributed by atoms with Gasteiger partial charge in [-0.2, -0.15) is 4.99 Å². The maximum atomic E-state index is 12.9. The van der Waals surface area contributed by atoms with Gasteiger partial charge < -0.3 is 9.64 Å². The molecule has 3 heterocycles. The SMILES string of the molecule is CCCCCC1CCC2(CC1)CC(N1CCC3(CC1)OCc1ccccc13)=NC2=O. The quantitative estimate of drug-likeness (QED) is 0.610. The van der Waals surface area contributed by atoms with Crippen LogP contribution in [0.4, 0.5) is 0 Å². The third-order valence-corrected chi connectivity index (χ3v) is 8.41. The number of amidine groups is 1. The number of piperidine rings is 1. The Bertz CT molecular complexity index is 814. The molecule has 162 valence electrons. The van der Waals surface area contributed by atoms with Gasteiger partial charge >= 0.3 is 0 Å². The number of amides is 1. The van der Waals surface area contributed by atoms with Gasteiger partial charge in [0.25, 0.3) is 5.91 Å².